The van der Waals surface area contributed by atoms with Crippen LogP contribution in [-0.2, 0) is 26.9 Å². The van der Waals surface area contributed by atoms with Crippen LogP contribution in [0.3, 0.4) is 0 Å². The number of aromatic nitrogens is 2. The number of carbonyl (C=O) groups is 1. The van der Waals surface area contributed by atoms with Crippen molar-refractivity contribution in [3.63, 3.8) is 0 Å². The quantitative estimate of drug-likeness (QED) is 0.573. The Labute approximate surface area is 182 Å². The molecule has 9 heteroatoms. The lowest BCUT2D eigenvalue weighted by Gasteiger charge is -2.33. The van der Waals surface area contributed by atoms with Gasteiger partial charge in [0.2, 0.25) is 5.91 Å². The van der Waals surface area contributed by atoms with Gasteiger partial charge in [-0.15, -0.1) is 0 Å². The molecule has 0 aliphatic carbocycles. The van der Waals surface area contributed by atoms with Crippen LogP contribution in [-0.4, -0.2) is 54.7 Å². The maximum Gasteiger partial charge on any atom is 0.240 e. The molecular formula is C22H28N4O4S. The predicted molar refractivity (Wildman–Crippen MR) is 118 cm³/mol. The number of carbonyl (C=O) groups excluding carboxylic acids is 1. The van der Waals surface area contributed by atoms with Crippen LogP contribution in [0.2, 0.25) is 0 Å². The summed E-state index contributed by atoms with van der Waals surface area (Å²) in [4.78, 5) is 19.7. The van der Waals surface area contributed by atoms with E-state index in [2.05, 4.69) is 15.2 Å². The molecule has 1 fully saturated rings. The fourth-order valence-electron chi connectivity index (χ4n) is 4.18. The number of rotatable bonds is 8. The second-order valence-electron chi connectivity index (χ2n) is 8.10. The van der Waals surface area contributed by atoms with Crippen molar-refractivity contribution in [3.8, 4) is 0 Å². The zero-order valence-corrected chi connectivity index (χ0v) is 18.5. The zero-order valence-electron chi connectivity index (χ0n) is 17.7. The Balaban J connectivity index is 1.50. The van der Waals surface area contributed by atoms with Crippen LogP contribution in [0.5, 0.6) is 0 Å². The number of imidazole rings is 1. The minimum absolute atomic E-state index is 0.0102. The third-order valence-corrected chi connectivity index (χ3v) is 6.40. The summed E-state index contributed by atoms with van der Waals surface area (Å²) in [5, 5.41) is 3.02. The highest BCUT2D eigenvalue weighted by atomic mass is 32.2. The summed E-state index contributed by atoms with van der Waals surface area (Å²) in [5.74, 6) is 0.814. The number of sulfone groups is 1. The fraction of sp³-hybridized carbons (Fsp3) is 0.455. The van der Waals surface area contributed by atoms with E-state index in [9.17, 15) is 13.2 Å². The summed E-state index contributed by atoms with van der Waals surface area (Å²) in [6.07, 6.45) is 6.33. The van der Waals surface area contributed by atoms with Crippen LogP contribution < -0.4 is 5.32 Å². The van der Waals surface area contributed by atoms with Gasteiger partial charge in [0, 0.05) is 12.8 Å². The summed E-state index contributed by atoms with van der Waals surface area (Å²) in [7, 11) is -3.29. The lowest BCUT2D eigenvalue weighted by atomic mass is 10.1. The van der Waals surface area contributed by atoms with Crippen LogP contribution in [0.15, 0.2) is 47.1 Å². The highest BCUT2D eigenvalue weighted by molar-refractivity contribution is 7.89. The maximum atomic E-state index is 12.9. The third kappa shape index (κ3) is 5.34. The van der Waals surface area contributed by atoms with Crippen molar-refractivity contribution in [1.82, 2.24) is 19.8 Å². The number of para-hydroxylation sites is 2. The van der Waals surface area contributed by atoms with E-state index in [0.29, 0.717) is 17.9 Å². The molecule has 1 atom stereocenters. The minimum Gasteiger partial charge on any atom is -0.468 e. The van der Waals surface area contributed by atoms with E-state index in [1.807, 2.05) is 36.4 Å². The van der Waals surface area contributed by atoms with E-state index in [4.69, 9.17) is 4.42 Å². The molecule has 166 valence electrons. The number of benzene rings is 1. The molecule has 3 heterocycles. The van der Waals surface area contributed by atoms with Crippen molar-refractivity contribution in [2.75, 3.05) is 25.9 Å². The van der Waals surface area contributed by atoms with Crippen molar-refractivity contribution in [1.29, 1.82) is 0 Å². The molecule has 1 aromatic carbocycles. The zero-order chi connectivity index (χ0) is 21.8. The van der Waals surface area contributed by atoms with E-state index in [1.54, 1.807) is 10.8 Å². The Hall–Kier alpha value is -2.65. The number of piperidine rings is 1. The number of furan rings is 1. The molecule has 1 N–H and O–H groups in total. The standard InChI is InChI=1S/C22H28N4O4S/c1-31(28,29)16-21-24-17-8-3-4-9-18(17)26(21)15-22(27)23-14-19(20-10-7-13-30-20)25-11-5-2-6-12-25/h3-4,7-10,13,19H,2,5-6,11-12,14-16H2,1H3,(H,23,27). The summed E-state index contributed by atoms with van der Waals surface area (Å²) in [5.41, 5.74) is 1.42. The normalized spacial score (nSPS) is 16.4. The lowest BCUT2D eigenvalue weighted by Crippen LogP contribution is -2.41. The average molecular weight is 445 g/mol. The van der Waals surface area contributed by atoms with Crippen LogP contribution in [0.25, 0.3) is 11.0 Å². The molecule has 3 aromatic rings. The lowest BCUT2D eigenvalue weighted by molar-refractivity contribution is -0.122. The van der Waals surface area contributed by atoms with Gasteiger partial charge in [0.25, 0.3) is 0 Å². The van der Waals surface area contributed by atoms with E-state index in [-0.39, 0.29) is 24.2 Å². The van der Waals surface area contributed by atoms with Gasteiger partial charge < -0.3 is 14.3 Å². The monoisotopic (exact) mass is 444 g/mol. The topological polar surface area (TPSA) is 97.4 Å². The first-order chi connectivity index (χ1) is 14.9. The number of fused-ring (bicyclic) bond motifs is 1. The number of hydrogen-bond acceptors (Lipinski definition) is 6. The van der Waals surface area contributed by atoms with Gasteiger partial charge in [-0.05, 0) is 50.2 Å². The van der Waals surface area contributed by atoms with Crippen LogP contribution >= 0.6 is 0 Å². The number of likely N-dealkylation sites (tertiary alicyclic amines) is 1. The number of hydrogen-bond donors (Lipinski definition) is 1. The molecular weight excluding hydrogens is 416 g/mol. The maximum absolute atomic E-state index is 12.9. The SMILES string of the molecule is CS(=O)(=O)Cc1nc2ccccc2n1CC(=O)NCC(c1ccco1)N1CCCCC1. The van der Waals surface area contributed by atoms with Gasteiger partial charge >= 0.3 is 0 Å². The van der Waals surface area contributed by atoms with Gasteiger partial charge in [0.1, 0.15) is 23.9 Å². The summed E-state index contributed by atoms with van der Waals surface area (Å²) in [6, 6.07) is 11.2. The largest absolute Gasteiger partial charge is 0.468 e. The highest BCUT2D eigenvalue weighted by Gasteiger charge is 2.25. The molecule has 1 aliphatic rings. The first kappa shape index (κ1) is 21.6. The average Bonchev–Trinajstić information content (AvgIpc) is 3.37. The Bertz CT molecular complexity index is 1130. The molecule has 2 aromatic heterocycles. The van der Waals surface area contributed by atoms with E-state index in [0.717, 1.165) is 37.2 Å². The Morgan fingerprint density at radius 1 is 1.16 bits per heavy atom. The van der Waals surface area contributed by atoms with Crippen LogP contribution in [0.1, 0.15) is 36.9 Å². The fourth-order valence-corrected chi connectivity index (χ4v) is 4.87. The smallest absolute Gasteiger partial charge is 0.240 e. The van der Waals surface area contributed by atoms with Gasteiger partial charge in [-0.2, -0.15) is 0 Å². The molecule has 8 nitrogen and oxygen atoms in total. The highest BCUT2D eigenvalue weighted by Crippen LogP contribution is 2.24. The number of nitrogens with one attached hydrogen (secondary N) is 1. The van der Waals surface area contributed by atoms with E-state index < -0.39 is 9.84 Å². The van der Waals surface area contributed by atoms with Crippen molar-refractivity contribution < 1.29 is 17.6 Å². The van der Waals surface area contributed by atoms with Crippen LogP contribution in [0, 0.1) is 0 Å². The summed E-state index contributed by atoms with van der Waals surface area (Å²) in [6.45, 7) is 2.40. The van der Waals surface area contributed by atoms with E-state index >= 15 is 0 Å². The molecule has 1 aliphatic heterocycles. The molecule has 31 heavy (non-hydrogen) atoms. The second-order valence-corrected chi connectivity index (χ2v) is 10.2. The van der Waals surface area contributed by atoms with Gasteiger partial charge in [-0.3, -0.25) is 9.69 Å². The Morgan fingerprint density at radius 2 is 1.94 bits per heavy atom. The van der Waals surface area contributed by atoms with Crippen molar-refractivity contribution in [2.45, 2.75) is 37.6 Å². The third-order valence-electron chi connectivity index (χ3n) is 5.62. The van der Waals surface area contributed by atoms with Gasteiger partial charge in [0.05, 0.1) is 23.3 Å². The van der Waals surface area contributed by atoms with Crippen LogP contribution in [0.4, 0.5) is 0 Å². The van der Waals surface area contributed by atoms with Crippen molar-refractivity contribution >= 4 is 26.8 Å². The molecule has 0 bridgehead atoms. The molecule has 1 unspecified atom stereocenters. The molecule has 1 amide bonds. The van der Waals surface area contributed by atoms with Crippen molar-refractivity contribution in [2.24, 2.45) is 0 Å². The number of nitrogens with zero attached hydrogens (tertiary/aromatic N) is 3. The van der Waals surface area contributed by atoms with Gasteiger partial charge in [-0.1, -0.05) is 18.6 Å². The summed E-state index contributed by atoms with van der Waals surface area (Å²) < 4.78 is 31.1. The first-order valence-electron chi connectivity index (χ1n) is 10.6. The van der Waals surface area contributed by atoms with E-state index in [1.165, 1.54) is 12.7 Å². The van der Waals surface area contributed by atoms with Gasteiger partial charge in [0.15, 0.2) is 9.84 Å². The molecule has 0 saturated carbocycles. The predicted octanol–water partition coefficient (Wildman–Crippen LogP) is 2.52. The Kier molecular flexibility index (Phi) is 6.43. The molecule has 1 saturated heterocycles. The molecule has 0 radical (unpaired) electrons. The minimum atomic E-state index is -3.29. The second kappa shape index (κ2) is 9.23. The number of amides is 1. The Morgan fingerprint density at radius 3 is 2.65 bits per heavy atom. The molecule has 4 rings (SSSR count). The molecule has 0 spiro atoms. The van der Waals surface area contributed by atoms with Crippen molar-refractivity contribution in [3.05, 3.63) is 54.2 Å². The first-order valence-corrected chi connectivity index (χ1v) is 12.6. The van der Waals surface area contributed by atoms with Gasteiger partial charge in [-0.25, -0.2) is 13.4 Å². The summed E-state index contributed by atoms with van der Waals surface area (Å²) >= 11 is 0.